The third kappa shape index (κ3) is 5.50. The maximum atomic E-state index is 11.8. The number of hydrogen-bond donors (Lipinski definition) is 1. The number of para-hydroxylation sites is 1. The number of carbonyl (C=O) groups is 1. The smallest absolute Gasteiger partial charge is 0.234 e. The molecule has 0 bridgehead atoms. The lowest BCUT2D eigenvalue weighted by Crippen LogP contribution is -2.19. The van der Waals surface area contributed by atoms with Crippen molar-refractivity contribution in [1.29, 1.82) is 0 Å². The first kappa shape index (κ1) is 14.5. The lowest BCUT2D eigenvalue weighted by molar-refractivity contribution is -0.113. The Hall–Kier alpha value is -0.610. The third-order valence-corrected chi connectivity index (χ3v) is 4.09. The Morgan fingerprint density at radius 1 is 1.29 bits per heavy atom. The Morgan fingerprint density at radius 2 is 1.94 bits per heavy atom. The van der Waals surface area contributed by atoms with Crippen molar-refractivity contribution >= 4 is 35.1 Å². The molecule has 0 aromatic heterocycles. The van der Waals surface area contributed by atoms with Crippen LogP contribution in [0.4, 0.5) is 5.69 Å². The number of rotatable bonds is 4. The van der Waals surface area contributed by atoms with E-state index in [0.717, 1.165) is 10.6 Å². The molecule has 0 aliphatic heterocycles. The van der Waals surface area contributed by atoms with Crippen LogP contribution in [0.1, 0.15) is 20.8 Å². The summed E-state index contributed by atoms with van der Waals surface area (Å²) in [6.45, 7) is 6.34. The number of hydrogen-bond acceptors (Lipinski definition) is 3. The molecule has 0 saturated heterocycles. The molecule has 1 rings (SSSR count). The molecule has 1 aromatic carbocycles. The Balaban J connectivity index is 2.56. The van der Waals surface area contributed by atoms with E-state index in [2.05, 4.69) is 26.1 Å². The van der Waals surface area contributed by atoms with Crippen LogP contribution in [0, 0.1) is 0 Å². The highest BCUT2D eigenvalue weighted by Crippen LogP contribution is 2.26. The van der Waals surface area contributed by atoms with Gasteiger partial charge >= 0.3 is 0 Å². The minimum atomic E-state index is 0.0615. The second kappa shape index (κ2) is 6.36. The van der Waals surface area contributed by atoms with Crippen molar-refractivity contribution in [2.24, 2.45) is 0 Å². The predicted octanol–water partition coefficient (Wildman–Crippen LogP) is 3.88. The van der Waals surface area contributed by atoms with E-state index in [0.29, 0.717) is 5.75 Å². The molecule has 0 aliphatic rings. The largest absolute Gasteiger partial charge is 0.324 e. The molecule has 2 nitrogen and oxygen atoms in total. The second-order valence-corrected chi connectivity index (χ2v) is 7.30. The van der Waals surface area contributed by atoms with E-state index < -0.39 is 0 Å². The maximum absolute atomic E-state index is 11.8. The first-order valence-corrected chi connectivity index (χ1v) is 7.70. The van der Waals surface area contributed by atoms with Gasteiger partial charge in [0.15, 0.2) is 0 Å². The number of nitrogens with one attached hydrogen (secondary N) is 1. The number of anilines is 1. The molecule has 94 valence electrons. The van der Waals surface area contributed by atoms with Gasteiger partial charge in [-0.05, 0) is 18.4 Å². The number of benzene rings is 1. The number of carbonyl (C=O) groups excluding carboxylic acids is 1. The topological polar surface area (TPSA) is 29.1 Å². The molecule has 0 unspecified atom stereocenters. The lowest BCUT2D eigenvalue weighted by Gasteiger charge is -2.17. The fourth-order valence-corrected chi connectivity index (χ4v) is 2.41. The van der Waals surface area contributed by atoms with Crippen LogP contribution in [0.25, 0.3) is 0 Å². The van der Waals surface area contributed by atoms with E-state index in [1.54, 1.807) is 23.5 Å². The fourth-order valence-electron chi connectivity index (χ4n) is 1.22. The van der Waals surface area contributed by atoms with E-state index in [-0.39, 0.29) is 10.7 Å². The van der Waals surface area contributed by atoms with Gasteiger partial charge in [0.1, 0.15) is 0 Å². The molecular weight excluding hydrogens is 250 g/mol. The maximum Gasteiger partial charge on any atom is 0.234 e. The summed E-state index contributed by atoms with van der Waals surface area (Å²) in [7, 11) is 0. The molecule has 17 heavy (non-hydrogen) atoms. The number of thioether (sulfide) groups is 2. The van der Waals surface area contributed by atoms with Crippen LogP contribution in [-0.2, 0) is 4.79 Å². The molecule has 0 saturated carbocycles. The van der Waals surface area contributed by atoms with Crippen LogP contribution >= 0.6 is 23.5 Å². The molecule has 1 N–H and O–H groups in total. The van der Waals surface area contributed by atoms with Gasteiger partial charge in [0.25, 0.3) is 0 Å². The monoisotopic (exact) mass is 269 g/mol. The highest BCUT2D eigenvalue weighted by molar-refractivity contribution is 8.01. The third-order valence-electron chi connectivity index (χ3n) is 2.02. The zero-order valence-corrected chi connectivity index (χ0v) is 12.4. The Morgan fingerprint density at radius 3 is 2.53 bits per heavy atom. The quantitative estimate of drug-likeness (QED) is 0.841. The van der Waals surface area contributed by atoms with Crippen molar-refractivity contribution in [1.82, 2.24) is 0 Å². The SMILES string of the molecule is CSc1ccccc1NC(=O)CSC(C)(C)C. The molecule has 0 spiro atoms. The van der Waals surface area contributed by atoms with E-state index in [1.165, 1.54) is 0 Å². The molecule has 4 heteroatoms. The number of amides is 1. The summed E-state index contributed by atoms with van der Waals surface area (Å²) in [5, 5.41) is 2.95. The van der Waals surface area contributed by atoms with Crippen LogP contribution in [0.3, 0.4) is 0 Å². The average Bonchev–Trinajstić information content (AvgIpc) is 2.26. The minimum Gasteiger partial charge on any atom is -0.324 e. The summed E-state index contributed by atoms with van der Waals surface area (Å²) in [5.41, 5.74) is 0.902. The summed E-state index contributed by atoms with van der Waals surface area (Å²) in [4.78, 5) is 12.9. The van der Waals surface area contributed by atoms with E-state index >= 15 is 0 Å². The van der Waals surface area contributed by atoms with E-state index in [9.17, 15) is 4.79 Å². The summed E-state index contributed by atoms with van der Waals surface area (Å²) < 4.78 is 0.121. The van der Waals surface area contributed by atoms with Crippen LogP contribution in [0.2, 0.25) is 0 Å². The lowest BCUT2D eigenvalue weighted by atomic mass is 10.3. The van der Waals surface area contributed by atoms with Crippen LogP contribution in [0.5, 0.6) is 0 Å². The fraction of sp³-hybridized carbons (Fsp3) is 0.462. The van der Waals surface area contributed by atoms with Crippen LogP contribution < -0.4 is 5.32 Å². The van der Waals surface area contributed by atoms with Gasteiger partial charge in [-0.25, -0.2) is 0 Å². The van der Waals surface area contributed by atoms with Gasteiger partial charge in [0, 0.05) is 9.64 Å². The standard InChI is InChI=1S/C13H19NOS2/c1-13(2,3)17-9-12(15)14-10-7-5-6-8-11(10)16-4/h5-8H,9H2,1-4H3,(H,14,15). The Kier molecular flexibility index (Phi) is 5.40. The van der Waals surface area contributed by atoms with Crippen molar-refractivity contribution in [2.45, 2.75) is 30.4 Å². The van der Waals surface area contributed by atoms with Gasteiger partial charge in [-0.3, -0.25) is 4.79 Å². The second-order valence-electron chi connectivity index (χ2n) is 4.65. The predicted molar refractivity (Wildman–Crippen MR) is 79.1 cm³/mol. The van der Waals surface area contributed by atoms with Crippen molar-refractivity contribution in [2.75, 3.05) is 17.3 Å². The summed E-state index contributed by atoms with van der Waals surface area (Å²) >= 11 is 3.30. The van der Waals surface area contributed by atoms with Gasteiger partial charge in [0.05, 0.1) is 11.4 Å². The Labute approximate surface area is 112 Å². The Bertz CT molecular complexity index is 385. The van der Waals surface area contributed by atoms with Crippen molar-refractivity contribution in [3.05, 3.63) is 24.3 Å². The molecule has 0 atom stereocenters. The van der Waals surface area contributed by atoms with Gasteiger partial charge in [0.2, 0.25) is 5.91 Å². The summed E-state index contributed by atoms with van der Waals surface area (Å²) in [6, 6.07) is 7.86. The zero-order chi connectivity index (χ0) is 12.9. The van der Waals surface area contributed by atoms with Gasteiger partial charge in [-0.15, -0.1) is 23.5 Å². The van der Waals surface area contributed by atoms with Gasteiger partial charge < -0.3 is 5.32 Å². The average molecular weight is 269 g/mol. The van der Waals surface area contributed by atoms with Crippen LogP contribution in [0.15, 0.2) is 29.2 Å². The van der Waals surface area contributed by atoms with Gasteiger partial charge in [-0.2, -0.15) is 0 Å². The molecule has 0 aliphatic carbocycles. The minimum absolute atomic E-state index is 0.0615. The first-order chi connectivity index (χ1) is 7.92. The first-order valence-electron chi connectivity index (χ1n) is 5.49. The highest BCUT2D eigenvalue weighted by atomic mass is 32.2. The highest BCUT2D eigenvalue weighted by Gasteiger charge is 2.14. The summed E-state index contributed by atoms with van der Waals surface area (Å²) in [5.74, 6) is 0.554. The molecule has 1 aromatic rings. The molecule has 0 heterocycles. The van der Waals surface area contributed by atoms with Gasteiger partial charge in [-0.1, -0.05) is 32.9 Å². The van der Waals surface area contributed by atoms with Crippen molar-refractivity contribution in [3.63, 3.8) is 0 Å². The van der Waals surface area contributed by atoms with Crippen molar-refractivity contribution < 1.29 is 4.79 Å². The zero-order valence-electron chi connectivity index (χ0n) is 10.7. The van der Waals surface area contributed by atoms with E-state index in [1.807, 2.05) is 30.5 Å². The normalized spacial score (nSPS) is 11.3. The van der Waals surface area contributed by atoms with E-state index in [4.69, 9.17) is 0 Å². The van der Waals surface area contributed by atoms with Crippen molar-refractivity contribution in [3.8, 4) is 0 Å². The molecular formula is C13H19NOS2. The summed E-state index contributed by atoms with van der Waals surface area (Å²) in [6.07, 6.45) is 2.01. The molecule has 0 radical (unpaired) electrons. The molecule has 1 amide bonds. The van der Waals surface area contributed by atoms with Crippen LogP contribution in [-0.4, -0.2) is 22.7 Å². The molecule has 0 fully saturated rings.